The van der Waals surface area contributed by atoms with Gasteiger partial charge in [0.05, 0.1) is 25.9 Å². The van der Waals surface area contributed by atoms with E-state index in [2.05, 4.69) is 6.58 Å². The molecule has 1 aliphatic heterocycles. The van der Waals surface area contributed by atoms with Gasteiger partial charge in [-0.2, -0.15) is 0 Å². The van der Waals surface area contributed by atoms with Crippen molar-refractivity contribution in [2.45, 2.75) is 57.4 Å². The average Bonchev–Trinajstić information content (AvgIpc) is 2.87. The zero-order valence-electron chi connectivity index (χ0n) is 14.6. The summed E-state index contributed by atoms with van der Waals surface area (Å²) in [5.41, 5.74) is 1.00. The van der Waals surface area contributed by atoms with Crippen LogP contribution >= 0.6 is 0 Å². The van der Waals surface area contributed by atoms with Gasteiger partial charge in [-0.3, -0.25) is 0 Å². The quantitative estimate of drug-likeness (QED) is 0.512. The van der Waals surface area contributed by atoms with Gasteiger partial charge in [-0.25, -0.2) is 0 Å². The molecule has 0 saturated carbocycles. The lowest BCUT2D eigenvalue weighted by atomic mass is 10.0. The molecular weight excluding hydrogens is 308 g/mol. The molecule has 1 fully saturated rings. The van der Waals surface area contributed by atoms with E-state index in [1.54, 1.807) is 13.2 Å². The molecule has 1 saturated heterocycles. The number of ether oxygens (including phenoxy) is 4. The lowest BCUT2D eigenvalue weighted by molar-refractivity contribution is -0.161. The van der Waals surface area contributed by atoms with Crippen LogP contribution in [0.4, 0.5) is 0 Å². The van der Waals surface area contributed by atoms with Crippen LogP contribution in [0.1, 0.15) is 32.3 Å². The molecule has 1 heterocycles. The third kappa shape index (κ3) is 4.90. The number of hydrogen-bond donors (Lipinski definition) is 0. The number of rotatable bonds is 9. The number of carbonyl (C=O) groups is 1. The number of methoxy groups -OCH3 is 1. The summed E-state index contributed by atoms with van der Waals surface area (Å²) in [6, 6.07) is 7.64. The molecule has 1 aromatic carbocycles. The van der Waals surface area contributed by atoms with Crippen molar-refractivity contribution in [3.05, 3.63) is 42.5 Å². The zero-order chi connectivity index (χ0) is 17.6. The van der Waals surface area contributed by atoms with E-state index in [-0.39, 0.29) is 24.7 Å². The molecule has 0 amide bonds. The van der Waals surface area contributed by atoms with Gasteiger partial charge in [0.1, 0.15) is 18.1 Å². The first-order valence-corrected chi connectivity index (χ1v) is 8.13. The van der Waals surface area contributed by atoms with E-state index in [0.29, 0.717) is 13.0 Å². The summed E-state index contributed by atoms with van der Waals surface area (Å²) in [6.45, 7) is 7.89. The molecule has 2 rings (SSSR count). The number of benzene rings is 1. The largest absolute Gasteiger partial charge is 0.497 e. The maximum Gasteiger partial charge on any atom is 0.163 e. The van der Waals surface area contributed by atoms with Crippen molar-refractivity contribution in [1.29, 1.82) is 0 Å². The number of hydrogen-bond acceptors (Lipinski definition) is 5. The van der Waals surface area contributed by atoms with E-state index < -0.39 is 5.79 Å². The Morgan fingerprint density at radius 3 is 2.58 bits per heavy atom. The van der Waals surface area contributed by atoms with Crippen molar-refractivity contribution in [3.63, 3.8) is 0 Å². The van der Waals surface area contributed by atoms with Crippen LogP contribution in [0.5, 0.6) is 5.75 Å². The number of carbonyl (C=O) groups excluding carboxylic acids is 1. The van der Waals surface area contributed by atoms with Crippen LogP contribution in [0.15, 0.2) is 36.9 Å². The Bertz CT molecular complexity index is 537. The van der Waals surface area contributed by atoms with Crippen molar-refractivity contribution < 1.29 is 23.7 Å². The van der Waals surface area contributed by atoms with Crippen LogP contribution in [0, 0.1) is 0 Å². The Morgan fingerprint density at radius 2 is 2.00 bits per heavy atom. The monoisotopic (exact) mass is 334 g/mol. The molecule has 5 heteroatoms. The predicted molar refractivity (Wildman–Crippen MR) is 90.9 cm³/mol. The highest BCUT2D eigenvalue weighted by molar-refractivity contribution is 5.50. The molecule has 0 radical (unpaired) electrons. The van der Waals surface area contributed by atoms with Gasteiger partial charge < -0.3 is 23.7 Å². The summed E-state index contributed by atoms with van der Waals surface area (Å²) in [6.07, 6.45) is 2.72. The first-order chi connectivity index (χ1) is 11.5. The van der Waals surface area contributed by atoms with Gasteiger partial charge in [-0.15, -0.1) is 6.58 Å². The topological polar surface area (TPSA) is 54.0 Å². The summed E-state index contributed by atoms with van der Waals surface area (Å²) in [7, 11) is 1.63. The normalized spacial score (nSPS) is 23.6. The summed E-state index contributed by atoms with van der Waals surface area (Å²) in [5, 5.41) is 0. The van der Waals surface area contributed by atoms with Gasteiger partial charge >= 0.3 is 0 Å². The summed E-state index contributed by atoms with van der Waals surface area (Å²) in [4.78, 5) is 11.1. The Labute approximate surface area is 143 Å². The predicted octanol–water partition coefficient (Wildman–Crippen LogP) is 3.27. The van der Waals surface area contributed by atoms with E-state index in [4.69, 9.17) is 18.9 Å². The Morgan fingerprint density at radius 1 is 1.29 bits per heavy atom. The molecule has 1 unspecified atom stereocenters. The lowest BCUT2D eigenvalue weighted by Gasteiger charge is -2.25. The molecule has 24 heavy (non-hydrogen) atoms. The van der Waals surface area contributed by atoms with Crippen LogP contribution in [0.25, 0.3) is 0 Å². The van der Waals surface area contributed by atoms with Gasteiger partial charge in [-0.1, -0.05) is 18.2 Å². The highest BCUT2D eigenvalue weighted by Crippen LogP contribution is 2.33. The second kappa shape index (κ2) is 8.42. The summed E-state index contributed by atoms with van der Waals surface area (Å²) in [5.74, 6) is 0.103. The second-order valence-corrected chi connectivity index (χ2v) is 6.26. The van der Waals surface area contributed by atoms with Gasteiger partial charge in [0, 0.05) is 6.42 Å². The molecule has 0 bridgehead atoms. The minimum atomic E-state index is -0.692. The van der Waals surface area contributed by atoms with E-state index in [9.17, 15) is 4.79 Å². The first kappa shape index (κ1) is 18.6. The Hall–Kier alpha value is -1.69. The van der Waals surface area contributed by atoms with Gasteiger partial charge in [0.25, 0.3) is 0 Å². The first-order valence-electron chi connectivity index (χ1n) is 8.13. The van der Waals surface area contributed by atoms with Crippen LogP contribution in [-0.4, -0.2) is 37.5 Å². The minimum absolute atomic E-state index is 0.168. The molecule has 0 aromatic heterocycles. The Kier molecular flexibility index (Phi) is 6.54. The van der Waals surface area contributed by atoms with E-state index in [1.807, 2.05) is 38.1 Å². The van der Waals surface area contributed by atoms with Gasteiger partial charge in [-0.05, 0) is 38.0 Å². The molecule has 1 aliphatic rings. The Balaban J connectivity index is 2.04. The molecule has 5 nitrogen and oxygen atoms in total. The smallest absolute Gasteiger partial charge is 0.163 e. The van der Waals surface area contributed by atoms with Crippen molar-refractivity contribution >= 4 is 6.29 Å². The molecule has 3 atom stereocenters. The van der Waals surface area contributed by atoms with E-state index in [0.717, 1.165) is 17.6 Å². The second-order valence-electron chi connectivity index (χ2n) is 6.26. The fourth-order valence-electron chi connectivity index (χ4n) is 2.84. The fraction of sp³-hybridized carbons (Fsp3) is 0.526. The third-order valence-corrected chi connectivity index (χ3v) is 3.94. The highest BCUT2D eigenvalue weighted by atomic mass is 16.8. The van der Waals surface area contributed by atoms with Gasteiger partial charge in [0.2, 0.25) is 0 Å². The van der Waals surface area contributed by atoms with Crippen molar-refractivity contribution in [1.82, 2.24) is 0 Å². The zero-order valence-corrected chi connectivity index (χ0v) is 14.6. The van der Waals surface area contributed by atoms with E-state index >= 15 is 0 Å². The molecule has 0 N–H and O–H groups in total. The van der Waals surface area contributed by atoms with Crippen molar-refractivity contribution in [3.8, 4) is 5.75 Å². The fourth-order valence-corrected chi connectivity index (χ4v) is 2.84. The summed E-state index contributed by atoms with van der Waals surface area (Å²) >= 11 is 0. The average molecular weight is 334 g/mol. The highest BCUT2D eigenvalue weighted by Gasteiger charge is 2.44. The maximum atomic E-state index is 11.1. The number of aldehydes is 1. The van der Waals surface area contributed by atoms with Crippen LogP contribution in [0.3, 0.4) is 0 Å². The standard InChI is InChI=1S/C19H26O5/c1-5-6-17-18(24-19(2,3)23-17)16(11-12-20)22-13-14-7-9-15(21-4)10-8-14/h5,7-10,12,16-18H,1,6,11,13H2,2-4H3/t16-,17+,18?/m1/s1. The molecule has 132 valence electrons. The SMILES string of the molecule is C=CC[C@@H]1OC(C)(C)OC1[C@@H](CC=O)OCc1ccc(OC)cc1. The molecular formula is C19H26O5. The molecule has 0 aliphatic carbocycles. The van der Waals surface area contributed by atoms with Crippen molar-refractivity contribution in [2.24, 2.45) is 0 Å². The summed E-state index contributed by atoms with van der Waals surface area (Å²) < 4.78 is 23.0. The van der Waals surface area contributed by atoms with E-state index in [1.165, 1.54) is 0 Å². The lowest BCUT2D eigenvalue weighted by Crippen LogP contribution is -2.37. The van der Waals surface area contributed by atoms with Crippen LogP contribution < -0.4 is 4.74 Å². The third-order valence-electron chi connectivity index (χ3n) is 3.94. The molecule has 0 spiro atoms. The minimum Gasteiger partial charge on any atom is -0.497 e. The molecule has 1 aromatic rings. The van der Waals surface area contributed by atoms with Gasteiger partial charge in [0.15, 0.2) is 5.79 Å². The maximum absolute atomic E-state index is 11.1. The van der Waals surface area contributed by atoms with Crippen LogP contribution in [0.2, 0.25) is 0 Å². The van der Waals surface area contributed by atoms with Crippen LogP contribution in [-0.2, 0) is 25.6 Å². The van der Waals surface area contributed by atoms with Crippen molar-refractivity contribution in [2.75, 3.05) is 7.11 Å².